The SMILES string of the molecule is CC(c1nc(-c2ccc(-c3cccc(F)c3)cc2)no1)N1CCC1. The summed E-state index contributed by atoms with van der Waals surface area (Å²) in [6, 6.07) is 14.5. The molecule has 0 saturated carbocycles. The molecule has 0 N–H and O–H groups in total. The van der Waals surface area contributed by atoms with E-state index < -0.39 is 0 Å². The summed E-state index contributed by atoms with van der Waals surface area (Å²) < 4.78 is 18.8. The molecular formula is C19H18FN3O. The van der Waals surface area contributed by atoms with Crippen LogP contribution in [0.4, 0.5) is 4.39 Å². The normalized spacial score (nSPS) is 15.9. The molecule has 2 aromatic carbocycles. The second kappa shape index (κ2) is 6.17. The monoisotopic (exact) mass is 323 g/mol. The fourth-order valence-corrected chi connectivity index (χ4v) is 2.89. The van der Waals surface area contributed by atoms with Crippen molar-refractivity contribution in [2.75, 3.05) is 13.1 Å². The van der Waals surface area contributed by atoms with Crippen molar-refractivity contribution >= 4 is 0 Å². The zero-order chi connectivity index (χ0) is 16.5. The first-order chi connectivity index (χ1) is 11.7. The molecule has 122 valence electrons. The summed E-state index contributed by atoms with van der Waals surface area (Å²) in [5.41, 5.74) is 2.69. The molecule has 0 aliphatic carbocycles. The van der Waals surface area contributed by atoms with Gasteiger partial charge in [-0.15, -0.1) is 0 Å². The molecule has 2 heterocycles. The minimum atomic E-state index is -0.237. The van der Waals surface area contributed by atoms with Crippen LogP contribution in [-0.4, -0.2) is 28.1 Å². The first-order valence-electron chi connectivity index (χ1n) is 8.15. The smallest absolute Gasteiger partial charge is 0.244 e. The second-order valence-corrected chi connectivity index (χ2v) is 6.11. The first-order valence-corrected chi connectivity index (χ1v) is 8.15. The van der Waals surface area contributed by atoms with Gasteiger partial charge in [0.05, 0.1) is 6.04 Å². The third kappa shape index (κ3) is 2.83. The molecule has 5 heteroatoms. The van der Waals surface area contributed by atoms with E-state index in [4.69, 9.17) is 4.52 Å². The van der Waals surface area contributed by atoms with Crippen molar-refractivity contribution in [3.8, 4) is 22.5 Å². The Bertz CT molecular complexity index is 840. The van der Waals surface area contributed by atoms with Crippen molar-refractivity contribution in [1.29, 1.82) is 0 Å². The van der Waals surface area contributed by atoms with Gasteiger partial charge in [-0.25, -0.2) is 4.39 Å². The lowest BCUT2D eigenvalue weighted by Gasteiger charge is -2.34. The lowest BCUT2D eigenvalue weighted by atomic mass is 10.0. The van der Waals surface area contributed by atoms with Crippen LogP contribution in [0.3, 0.4) is 0 Å². The van der Waals surface area contributed by atoms with Crippen molar-refractivity contribution in [3.63, 3.8) is 0 Å². The number of nitrogens with zero attached hydrogens (tertiary/aromatic N) is 3. The molecule has 0 bridgehead atoms. The first kappa shape index (κ1) is 15.0. The van der Waals surface area contributed by atoms with Crippen LogP contribution in [0.15, 0.2) is 53.1 Å². The highest BCUT2D eigenvalue weighted by Crippen LogP contribution is 2.27. The maximum Gasteiger partial charge on any atom is 0.244 e. The maximum absolute atomic E-state index is 13.3. The van der Waals surface area contributed by atoms with Gasteiger partial charge in [-0.2, -0.15) is 4.98 Å². The molecule has 4 nitrogen and oxygen atoms in total. The molecule has 1 atom stereocenters. The van der Waals surface area contributed by atoms with Gasteiger partial charge in [-0.05, 0) is 36.6 Å². The van der Waals surface area contributed by atoms with Gasteiger partial charge >= 0.3 is 0 Å². The van der Waals surface area contributed by atoms with Gasteiger partial charge in [0.1, 0.15) is 5.82 Å². The number of likely N-dealkylation sites (tertiary alicyclic amines) is 1. The number of aromatic nitrogens is 2. The molecule has 1 aliphatic rings. The minimum Gasteiger partial charge on any atom is -0.337 e. The molecule has 3 aromatic rings. The van der Waals surface area contributed by atoms with Crippen LogP contribution < -0.4 is 0 Å². The molecule has 24 heavy (non-hydrogen) atoms. The molecule has 1 fully saturated rings. The fourth-order valence-electron chi connectivity index (χ4n) is 2.89. The highest BCUT2D eigenvalue weighted by molar-refractivity contribution is 5.67. The van der Waals surface area contributed by atoms with E-state index in [9.17, 15) is 4.39 Å². The molecule has 1 unspecified atom stereocenters. The summed E-state index contributed by atoms with van der Waals surface area (Å²) in [5, 5.41) is 4.09. The summed E-state index contributed by atoms with van der Waals surface area (Å²) in [5.74, 6) is 1.00. The molecular weight excluding hydrogens is 305 g/mol. The Labute approximate surface area is 139 Å². The summed E-state index contributed by atoms with van der Waals surface area (Å²) in [6.07, 6.45) is 1.23. The van der Waals surface area contributed by atoms with Crippen LogP contribution in [0.2, 0.25) is 0 Å². The van der Waals surface area contributed by atoms with Crippen LogP contribution in [0, 0.1) is 5.82 Å². The zero-order valence-corrected chi connectivity index (χ0v) is 13.4. The van der Waals surface area contributed by atoms with E-state index in [1.165, 1.54) is 18.6 Å². The van der Waals surface area contributed by atoms with Crippen LogP contribution >= 0.6 is 0 Å². The fraction of sp³-hybridized carbons (Fsp3) is 0.263. The Morgan fingerprint density at radius 1 is 1.04 bits per heavy atom. The maximum atomic E-state index is 13.3. The third-order valence-electron chi connectivity index (χ3n) is 4.54. The van der Waals surface area contributed by atoms with E-state index in [2.05, 4.69) is 22.0 Å². The van der Waals surface area contributed by atoms with E-state index in [0.29, 0.717) is 11.7 Å². The highest BCUT2D eigenvalue weighted by Gasteiger charge is 2.26. The van der Waals surface area contributed by atoms with Crippen molar-refractivity contribution in [2.45, 2.75) is 19.4 Å². The number of hydrogen-bond acceptors (Lipinski definition) is 4. The van der Waals surface area contributed by atoms with Gasteiger partial charge < -0.3 is 4.52 Å². The number of halogens is 1. The van der Waals surface area contributed by atoms with Gasteiger partial charge in [0.2, 0.25) is 11.7 Å². The van der Waals surface area contributed by atoms with Crippen molar-refractivity contribution in [2.24, 2.45) is 0 Å². The number of rotatable bonds is 4. The van der Waals surface area contributed by atoms with Gasteiger partial charge in [0, 0.05) is 18.7 Å². The summed E-state index contributed by atoms with van der Waals surface area (Å²) >= 11 is 0. The van der Waals surface area contributed by atoms with Gasteiger partial charge in [-0.3, -0.25) is 4.90 Å². The quantitative estimate of drug-likeness (QED) is 0.717. The van der Waals surface area contributed by atoms with Gasteiger partial charge in [0.25, 0.3) is 0 Å². The van der Waals surface area contributed by atoms with E-state index in [1.54, 1.807) is 6.07 Å². The number of benzene rings is 2. The summed E-state index contributed by atoms with van der Waals surface area (Å²) in [4.78, 5) is 6.83. The predicted molar refractivity (Wildman–Crippen MR) is 89.7 cm³/mol. The lowest BCUT2D eigenvalue weighted by molar-refractivity contribution is 0.105. The Kier molecular flexibility index (Phi) is 3.86. The molecule has 0 radical (unpaired) electrons. The van der Waals surface area contributed by atoms with Gasteiger partial charge in [0.15, 0.2) is 0 Å². The van der Waals surface area contributed by atoms with Crippen molar-refractivity contribution in [3.05, 3.63) is 60.2 Å². The summed E-state index contributed by atoms with van der Waals surface area (Å²) in [6.45, 7) is 4.26. The van der Waals surface area contributed by atoms with E-state index in [0.717, 1.165) is 29.8 Å². The molecule has 1 saturated heterocycles. The van der Waals surface area contributed by atoms with E-state index >= 15 is 0 Å². The molecule has 1 aliphatic heterocycles. The van der Waals surface area contributed by atoms with Crippen LogP contribution in [0.1, 0.15) is 25.3 Å². The number of hydrogen-bond donors (Lipinski definition) is 0. The van der Waals surface area contributed by atoms with Crippen LogP contribution in [0.25, 0.3) is 22.5 Å². The Balaban J connectivity index is 1.56. The molecule has 4 rings (SSSR count). The second-order valence-electron chi connectivity index (χ2n) is 6.11. The average molecular weight is 323 g/mol. The Hall–Kier alpha value is -2.53. The standard InChI is InChI=1S/C19H18FN3O/c1-13(23-10-3-11-23)19-21-18(22-24-19)15-8-6-14(7-9-15)16-4-2-5-17(20)12-16/h2,4-9,12-13H,3,10-11H2,1H3. The van der Waals surface area contributed by atoms with Gasteiger partial charge in [-0.1, -0.05) is 41.6 Å². The summed E-state index contributed by atoms with van der Waals surface area (Å²) in [7, 11) is 0. The molecule has 1 aromatic heterocycles. The lowest BCUT2D eigenvalue weighted by Crippen LogP contribution is -2.39. The van der Waals surface area contributed by atoms with E-state index in [1.807, 2.05) is 30.3 Å². The molecule has 0 spiro atoms. The molecule has 0 amide bonds. The Morgan fingerprint density at radius 3 is 2.46 bits per heavy atom. The van der Waals surface area contributed by atoms with E-state index in [-0.39, 0.29) is 11.9 Å². The van der Waals surface area contributed by atoms with Crippen LogP contribution in [-0.2, 0) is 0 Å². The average Bonchev–Trinajstić information content (AvgIpc) is 3.03. The van der Waals surface area contributed by atoms with Crippen molar-refractivity contribution in [1.82, 2.24) is 15.0 Å². The minimum absolute atomic E-state index is 0.159. The van der Waals surface area contributed by atoms with Crippen molar-refractivity contribution < 1.29 is 8.91 Å². The zero-order valence-electron chi connectivity index (χ0n) is 13.4. The predicted octanol–water partition coefficient (Wildman–Crippen LogP) is 4.31. The topological polar surface area (TPSA) is 42.2 Å². The highest BCUT2D eigenvalue weighted by atomic mass is 19.1. The largest absolute Gasteiger partial charge is 0.337 e. The van der Waals surface area contributed by atoms with Crippen LogP contribution in [0.5, 0.6) is 0 Å². The Morgan fingerprint density at radius 2 is 1.79 bits per heavy atom. The third-order valence-corrected chi connectivity index (χ3v) is 4.54.